The van der Waals surface area contributed by atoms with E-state index in [1.165, 1.54) is 12.2 Å². The van der Waals surface area contributed by atoms with E-state index in [0.29, 0.717) is 0 Å². The topological polar surface area (TPSA) is 17.1 Å². The molecule has 5 heteroatoms. The van der Waals surface area contributed by atoms with Crippen molar-refractivity contribution >= 4 is 52.2 Å². The monoisotopic (exact) mass is 298 g/mol. The van der Waals surface area contributed by atoms with Crippen LogP contribution in [0.5, 0.6) is 0 Å². The Morgan fingerprint density at radius 3 is 1.44 bits per heavy atom. The van der Waals surface area contributed by atoms with Gasteiger partial charge in [0.2, 0.25) is 0 Å². The van der Waals surface area contributed by atoms with Crippen LogP contribution in [0.1, 0.15) is 0 Å². The molecule has 0 heterocycles. The molecule has 0 radical (unpaired) electrons. The molecule has 0 spiro atoms. The number of allylic oxidation sites excluding steroid dienone is 8. The van der Waals surface area contributed by atoms with Gasteiger partial charge in [0.1, 0.15) is 9.67 Å². The van der Waals surface area contributed by atoms with Gasteiger partial charge in [-0.1, -0.05) is 36.5 Å². The third-order valence-corrected chi connectivity index (χ3v) is 1.84. The molecule has 0 atom stereocenters. The van der Waals surface area contributed by atoms with Crippen LogP contribution in [0, 0.1) is 0 Å². The SMILES string of the molecule is O=C(C=CC=CC(Cl)Cl)C=CC=CC(Cl)Cl. The van der Waals surface area contributed by atoms with E-state index in [0.717, 1.165) is 0 Å². The van der Waals surface area contributed by atoms with Gasteiger partial charge in [-0.05, 0) is 12.2 Å². The zero-order chi connectivity index (χ0) is 12.4. The molecule has 88 valence electrons. The van der Waals surface area contributed by atoms with Crippen molar-refractivity contribution in [3.63, 3.8) is 0 Å². The van der Waals surface area contributed by atoms with E-state index in [2.05, 4.69) is 0 Å². The molecule has 16 heavy (non-hydrogen) atoms. The maximum Gasteiger partial charge on any atom is 0.178 e. The van der Waals surface area contributed by atoms with E-state index >= 15 is 0 Å². The van der Waals surface area contributed by atoms with Crippen molar-refractivity contribution in [2.45, 2.75) is 9.67 Å². The number of carbonyl (C=O) groups excluding carboxylic acids is 1. The summed E-state index contributed by atoms with van der Waals surface area (Å²) in [6.07, 6.45) is 12.2. The van der Waals surface area contributed by atoms with Crippen LogP contribution in [0.3, 0.4) is 0 Å². The highest BCUT2D eigenvalue weighted by atomic mass is 35.5. The van der Waals surface area contributed by atoms with Crippen LogP contribution in [0.4, 0.5) is 0 Å². The molecule has 0 unspecified atom stereocenters. The Morgan fingerprint density at radius 2 is 1.12 bits per heavy atom. The number of ketones is 1. The Hall–Kier alpha value is -0.210. The number of carbonyl (C=O) groups is 1. The summed E-state index contributed by atoms with van der Waals surface area (Å²) >= 11 is 21.7. The lowest BCUT2D eigenvalue weighted by molar-refractivity contribution is -0.110. The van der Waals surface area contributed by atoms with Crippen LogP contribution < -0.4 is 0 Å². The summed E-state index contributed by atoms with van der Waals surface area (Å²) in [5.74, 6) is -0.157. The first-order chi connectivity index (χ1) is 7.52. The van der Waals surface area contributed by atoms with Gasteiger partial charge in [-0.25, -0.2) is 0 Å². The molecule has 0 bridgehead atoms. The van der Waals surface area contributed by atoms with Gasteiger partial charge in [-0.3, -0.25) is 4.79 Å². The Morgan fingerprint density at radius 1 is 0.750 bits per heavy atom. The predicted molar refractivity (Wildman–Crippen MR) is 72.6 cm³/mol. The number of halogens is 4. The van der Waals surface area contributed by atoms with Crippen molar-refractivity contribution in [2.75, 3.05) is 0 Å². The Balaban J connectivity index is 3.99. The maximum absolute atomic E-state index is 11.2. The third kappa shape index (κ3) is 11.9. The molecular formula is C11H10Cl4O. The first-order valence-corrected chi connectivity index (χ1v) is 6.07. The van der Waals surface area contributed by atoms with Gasteiger partial charge in [-0.15, -0.1) is 46.4 Å². The van der Waals surface area contributed by atoms with Gasteiger partial charge in [-0.2, -0.15) is 0 Å². The van der Waals surface area contributed by atoms with E-state index in [1.807, 2.05) is 0 Å². The van der Waals surface area contributed by atoms with Crippen molar-refractivity contribution in [2.24, 2.45) is 0 Å². The molecule has 0 aliphatic rings. The smallest absolute Gasteiger partial charge is 0.178 e. The lowest BCUT2D eigenvalue weighted by Crippen LogP contribution is -1.83. The molecule has 0 aliphatic carbocycles. The van der Waals surface area contributed by atoms with Crippen molar-refractivity contribution in [1.82, 2.24) is 0 Å². The van der Waals surface area contributed by atoms with Crippen LogP contribution in [-0.4, -0.2) is 15.5 Å². The Labute approximate surface area is 115 Å². The minimum absolute atomic E-state index is 0.157. The molecule has 0 aromatic carbocycles. The first kappa shape index (κ1) is 15.8. The fraction of sp³-hybridized carbons (Fsp3) is 0.182. The number of hydrogen-bond donors (Lipinski definition) is 0. The molecule has 0 N–H and O–H groups in total. The van der Waals surface area contributed by atoms with Crippen molar-refractivity contribution in [3.05, 3.63) is 48.6 Å². The van der Waals surface area contributed by atoms with E-state index in [-0.39, 0.29) is 5.78 Å². The van der Waals surface area contributed by atoms with Crippen molar-refractivity contribution < 1.29 is 4.79 Å². The summed E-state index contributed by atoms with van der Waals surface area (Å²) in [6, 6.07) is 0. The van der Waals surface area contributed by atoms with E-state index < -0.39 is 9.67 Å². The van der Waals surface area contributed by atoms with Crippen LogP contribution in [-0.2, 0) is 4.79 Å². The molecule has 0 amide bonds. The molecule has 0 aromatic heterocycles. The standard InChI is InChI=1S/C11H10Cl4O/c12-10(13)7-3-1-5-9(16)6-2-4-8-11(14)15/h1-8,10-11H. The Bertz CT molecular complexity index is 284. The molecule has 1 nitrogen and oxygen atoms in total. The average molecular weight is 300 g/mol. The summed E-state index contributed by atoms with van der Waals surface area (Å²) in [6.45, 7) is 0. The molecule has 0 aromatic rings. The largest absolute Gasteiger partial charge is 0.290 e. The summed E-state index contributed by atoms with van der Waals surface area (Å²) in [7, 11) is 0. The van der Waals surface area contributed by atoms with Gasteiger partial charge < -0.3 is 0 Å². The molecular weight excluding hydrogens is 290 g/mol. The highest BCUT2D eigenvalue weighted by Crippen LogP contribution is 2.03. The summed E-state index contributed by atoms with van der Waals surface area (Å²) in [5, 5.41) is 0. The van der Waals surface area contributed by atoms with Gasteiger partial charge >= 0.3 is 0 Å². The first-order valence-electron chi connectivity index (χ1n) is 4.32. The number of rotatable bonds is 6. The summed E-state index contributed by atoms with van der Waals surface area (Å²) < 4.78 is 0. The summed E-state index contributed by atoms with van der Waals surface area (Å²) in [5.41, 5.74) is 0. The van der Waals surface area contributed by atoms with Gasteiger partial charge in [0.25, 0.3) is 0 Å². The second-order valence-electron chi connectivity index (χ2n) is 2.56. The summed E-state index contributed by atoms with van der Waals surface area (Å²) in [4.78, 5) is 10.0. The molecule has 0 rings (SSSR count). The fourth-order valence-electron chi connectivity index (χ4n) is 0.653. The van der Waals surface area contributed by atoms with Crippen LogP contribution in [0.15, 0.2) is 48.6 Å². The molecule has 0 fully saturated rings. The normalized spacial score (nSPS) is 13.4. The van der Waals surface area contributed by atoms with Crippen molar-refractivity contribution in [1.29, 1.82) is 0 Å². The highest BCUT2D eigenvalue weighted by molar-refractivity contribution is 6.45. The minimum Gasteiger partial charge on any atom is -0.290 e. The van der Waals surface area contributed by atoms with Gasteiger partial charge in [0.05, 0.1) is 0 Å². The van der Waals surface area contributed by atoms with Crippen molar-refractivity contribution in [3.8, 4) is 0 Å². The van der Waals surface area contributed by atoms with Crippen LogP contribution in [0.2, 0.25) is 0 Å². The fourth-order valence-corrected chi connectivity index (χ4v) is 0.989. The highest BCUT2D eigenvalue weighted by Gasteiger charge is 1.88. The zero-order valence-corrected chi connectivity index (χ0v) is 11.2. The average Bonchev–Trinajstić information content (AvgIpc) is 2.19. The quantitative estimate of drug-likeness (QED) is 0.404. The van der Waals surface area contributed by atoms with Gasteiger partial charge in [0, 0.05) is 0 Å². The molecule has 0 aliphatic heterocycles. The maximum atomic E-state index is 11.2. The van der Waals surface area contributed by atoms with E-state index in [4.69, 9.17) is 46.4 Å². The predicted octanol–water partition coefficient (Wildman–Crippen LogP) is 4.39. The minimum atomic E-state index is -0.567. The second-order valence-corrected chi connectivity index (χ2v) is 4.89. The third-order valence-electron chi connectivity index (χ3n) is 1.26. The lowest BCUT2D eigenvalue weighted by Gasteiger charge is -1.85. The molecule has 0 saturated carbocycles. The number of hydrogen-bond acceptors (Lipinski definition) is 1. The zero-order valence-electron chi connectivity index (χ0n) is 8.19. The van der Waals surface area contributed by atoms with E-state index in [9.17, 15) is 4.79 Å². The lowest BCUT2D eigenvalue weighted by atomic mass is 10.3. The van der Waals surface area contributed by atoms with Crippen LogP contribution in [0.25, 0.3) is 0 Å². The molecule has 0 saturated heterocycles. The Kier molecular flexibility index (Phi) is 9.85. The van der Waals surface area contributed by atoms with Gasteiger partial charge in [0.15, 0.2) is 5.78 Å². The van der Waals surface area contributed by atoms with Crippen LogP contribution >= 0.6 is 46.4 Å². The van der Waals surface area contributed by atoms with E-state index in [1.54, 1.807) is 36.5 Å². The number of alkyl halides is 4. The second kappa shape index (κ2) is 9.98.